The van der Waals surface area contributed by atoms with Crippen LogP contribution in [0.5, 0.6) is 5.75 Å². The molecule has 0 fully saturated rings. The zero-order valence-electron chi connectivity index (χ0n) is 14.3. The minimum atomic E-state index is -4.68. The highest BCUT2D eigenvalue weighted by Gasteiger charge is 2.34. The fraction of sp³-hybridized carbons (Fsp3) is 0.222. The largest absolute Gasteiger partial charge is 0.479 e. The van der Waals surface area contributed by atoms with Gasteiger partial charge in [-0.3, -0.25) is 4.79 Å². The van der Waals surface area contributed by atoms with Crippen molar-refractivity contribution in [3.63, 3.8) is 0 Å². The summed E-state index contributed by atoms with van der Waals surface area (Å²) >= 11 is 0. The Hall–Kier alpha value is -3.30. The lowest BCUT2D eigenvalue weighted by Crippen LogP contribution is -2.32. The first-order valence-electron chi connectivity index (χ1n) is 8.19. The van der Waals surface area contributed by atoms with E-state index < -0.39 is 29.5 Å². The number of nitrogens with one attached hydrogen (secondary N) is 3. The smallest absolute Gasteiger partial charge is 0.416 e. The van der Waals surface area contributed by atoms with Gasteiger partial charge in [-0.1, -0.05) is 12.1 Å². The van der Waals surface area contributed by atoms with Gasteiger partial charge in [-0.15, -0.1) is 0 Å². The lowest BCUT2D eigenvalue weighted by molar-refractivity contribution is -0.137. The molecule has 2 aromatic rings. The van der Waals surface area contributed by atoms with Gasteiger partial charge < -0.3 is 20.7 Å². The molecule has 0 aliphatic carbocycles. The molecule has 0 saturated carbocycles. The van der Waals surface area contributed by atoms with Crippen molar-refractivity contribution in [2.75, 3.05) is 23.8 Å². The molecule has 1 aliphatic rings. The van der Waals surface area contributed by atoms with Gasteiger partial charge in [0.05, 0.1) is 16.9 Å². The number of urea groups is 1. The van der Waals surface area contributed by atoms with Crippen molar-refractivity contribution in [1.82, 2.24) is 5.32 Å². The van der Waals surface area contributed by atoms with E-state index in [1.165, 1.54) is 18.2 Å². The van der Waals surface area contributed by atoms with Gasteiger partial charge in [-0.25, -0.2) is 9.18 Å². The lowest BCUT2D eigenvalue weighted by atomic mass is 10.1. The van der Waals surface area contributed by atoms with Gasteiger partial charge in [0, 0.05) is 6.54 Å². The molecular formula is C18H15F4N3O3. The minimum Gasteiger partial charge on any atom is -0.479 e. The summed E-state index contributed by atoms with van der Waals surface area (Å²) in [5, 5.41) is 7.06. The number of amides is 3. The summed E-state index contributed by atoms with van der Waals surface area (Å²) in [5.41, 5.74) is -0.802. The second-order valence-electron chi connectivity index (χ2n) is 6.00. The number of anilines is 2. The van der Waals surface area contributed by atoms with Crippen LogP contribution in [0.15, 0.2) is 36.4 Å². The number of benzene rings is 2. The Labute approximate surface area is 156 Å². The zero-order valence-corrected chi connectivity index (χ0v) is 14.3. The van der Waals surface area contributed by atoms with Crippen molar-refractivity contribution in [2.45, 2.75) is 12.6 Å². The Morgan fingerprint density at radius 2 is 2.00 bits per heavy atom. The molecule has 6 nitrogen and oxygen atoms in total. The summed E-state index contributed by atoms with van der Waals surface area (Å²) in [4.78, 5) is 23.4. The molecule has 1 heterocycles. The highest BCUT2D eigenvalue weighted by molar-refractivity contribution is 6.00. The Morgan fingerprint density at radius 1 is 1.21 bits per heavy atom. The summed E-state index contributed by atoms with van der Waals surface area (Å²) in [6, 6.07) is 6.52. The van der Waals surface area contributed by atoms with Crippen LogP contribution in [0, 0.1) is 5.82 Å². The third kappa shape index (κ3) is 4.70. The van der Waals surface area contributed by atoms with Crippen LogP contribution < -0.4 is 20.7 Å². The van der Waals surface area contributed by atoms with Crippen molar-refractivity contribution in [1.29, 1.82) is 0 Å². The number of halogens is 4. The zero-order chi connectivity index (χ0) is 20.3. The fourth-order valence-electron chi connectivity index (χ4n) is 2.64. The van der Waals surface area contributed by atoms with Crippen molar-refractivity contribution in [3.05, 3.63) is 53.3 Å². The van der Waals surface area contributed by atoms with Gasteiger partial charge in [0.2, 0.25) is 0 Å². The maximum absolute atomic E-state index is 13.1. The first kappa shape index (κ1) is 19.5. The van der Waals surface area contributed by atoms with Crippen LogP contribution in [0.1, 0.15) is 11.1 Å². The molecular weight excluding hydrogens is 382 g/mol. The quantitative estimate of drug-likeness (QED) is 0.691. The molecule has 3 amide bonds. The average molecular weight is 397 g/mol. The molecule has 3 rings (SSSR count). The van der Waals surface area contributed by atoms with E-state index in [2.05, 4.69) is 16.0 Å². The van der Waals surface area contributed by atoms with Gasteiger partial charge in [0.25, 0.3) is 5.91 Å². The van der Waals surface area contributed by atoms with Crippen LogP contribution >= 0.6 is 0 Å². The topological polar surface area (TPSA) is 79.5 Å². The summed E-state index contributed by atoms with van der Waals surface area (Å²) in [6.07, 6.45) is -4.35. The van der Waals surface area contributed by atoms with E-state index in [1.807, 2.05) is 0 Å². The number of carbonyl (C=O) groups is 2. The summed E-state index contributed by atoms with van der Waals surface area (Å²) in [7, 11) is 0. The maximum Gasteiger partial charge on any atom is 0.416 e. The lowest BCUT2D eigenvalue weighted by Gasteiger charge is -2.23. The van der Waals surface area contributed by atoms with Crippen molar-refractivity contribution in [2.24, 2.45) is 0 Å². The van der Waals surface area contributed by atoms with Crippen LogP contribution in [0.2, 0.25) is 0 Å². The molecule has 28 heavy (non-hydrogen) atoms. The van der Waals surface area contributed by atoms with E-state index in [4.69, 9.17) is 4.74 Å². The molecule has 0 bridgehead atoms. The average Bonchev–Trinajstić information content (AvgIpc) is 2.60. The van der Waals surface area contributed by atoms with Crippen molar-refractivity contribution >= 4 is 23.3 Å². The van der Waals surface area contributed by atoms with Crippen LogP contribution in [-0.2, 0) is 17.4 Å². The van der Waals surface area contributed by atoms with E-state index in [9.17, 15) is 27.2 Å². The second-order valence-corrected chi connectivity index (χ2v) is 6.00. The Bertz CT molecular complexity index is 915. The Morgan fingerprint density at radius 3 is 2.71 bits per heavy atom. The number of alkyl halides is 3. The SMILES string of the molecule is O=C1COc2c(cc(C(F)(F)F)cc2NC(=O)NCCc2cccc(F)c2)N1. The number of hydrogen-bond donors (Lipinski definition) is 3. The Balaban J connectivity index is 1.71. The van der Waals surface area contributed by atoms with E-state index in [0.717, 1.165) is 12.1 Å². The van der Waals surface area contributed by atoms with Crippen LogP contribution in [0.4, 0.5) is 33.7 Å². The van der Waals surface area contributed by atoms with Gasteiger partial charge in [0.15, 0.2) is 12.4 Å². The number of rotatable bonds is 4. The monoisotopic (exact) mass is 397 g/mol. The maximum atomic E-state index is 13.1. The molecule has 0 aromatic heterocycles. The van der Waals surface area contributed by atoms with Crippen LogP contribution in [0.25, 0.3) is 0 Å². The highest BCUT2D eigenvalue weighted by atomic mass is 19.4. The van der Waals surface area contributed by atoms with Gasteiger partial charge in [-0.05, 0) is 36.2 Å². The van der Waals surface area contributed by atoms with E-state index in [-0.39, 0.29) is 30.3 Å². The standard InChI is InChI=1S/C18H15F4N3O3/c19-12-3-1-2-10(6-12)4-5-23-17(27)25-14-8-11(18(20,21)22)7-13-16(14)28-9-15(26)24-13/h1-3,6-8H,4-5,9H2,(H,24,26)(H2,23,25,27). The second kappa shape index (κ2) is 7.75. The summed E-state index contributed by atoms with van der Waals surface area (Å²) in [6.45, 7) is -0.248. The predicted molar refractivity (Wildman–Crippen MR) is 92.7 cm³/mol. The van der Waals surface area contributed by atoms with Crippen LogP contribution in [0.3, 0.4) is 0 Å². The summed E-state index contributed by atoms with van der Waals surface area (Å²) in [5.74, 6) is -1.07. The molecule has 2 aromatic carbocycles. The molecule has 0 spiro atoms. The van der Waals surface area contributed by atoms with Crippen molar-refractivity contribution < 1.29 is 31.9 Å². The Kier molecular flexibility index (Phi) is 5.39. The predicted octanol–water partition coefficient (Wildman–Crippen LogP) is 3.54. The molecule has 10 heteroatoms. The van der Waals surface area contributed by atoms with Gasteiger partial charge in [-0.2, -0.15) is 13.2 Å². The molecule has 0 saturated heterocycles. The van der Waals surface area contributed by atoms with E-state index in [1.54, 1.807) is 6.07 Å². The molecule has 0 radical (unpaired) electrons. The highest BCUT2D eigenvalue weighted by Crippen LogP contribution is 2.41. The number of carbonyl (C=O) groups excluding carboxylic acids is 2. The summed E-state index contributed by atoms with van der Waals surface area (Å²) < 4.78 is 57.5. The van der Waals surface area contributed by atoms with Gasteiger partial charge >= 0.3 is 12.2 Å². The first-order chi connectivity index (χ1) is 13.2. The normalized spacial score (nSPS) is 13.2. The minimum absolute atomic E-state index is 0.0621. The molecule has 1 aliphatic heterocycles. The van der Waals surface area contributed by atoms with Gasteiger partial charge in [0.1, 0.15) is 5.82 Å². The molecule has 0 unspecified atom stereocenters. The van der Waals surface area contributed by atoms with Crippen molar-refractivity contribution in [3.8, 4) is 5.75 Å². The third-order valence-corrected chi connectivity index (χ3v) is 3.87. The van der Waals surface area contributed by atoms with E-state index >= 15 is 0 Å². The van der Waals surface area contributed by atoms with E-state index in [0.29, 0.717) is 12.0 Å². The number of hydrogen-bond acceptors (Lipinski definition) is 3. The molecule has 3 N–H and O–H groups in total. The molecule has 148 valence electrons. The third-order valence-electron chi connectivity index (χ3n) is 3.87. The number of fused-ring (bicyclic) bond motifs is 1. The number of ether oxygens (including phenoxy) is 1. The molecule has 0 atom stereocenters. The first-order valence-corrected chi connectivity index (χ1v) is 8.19. The fourth-order valence-corrected chi connectivity index (χ4v) is 2.64. The van der Waals surface area contributed by atoms with Crippen LogP contribution in [-0.4, -0.2) is 25.1 Å².